The van der Waals surface area contributed by atoms with Gasteiger partial charge >= 0.3 is 0 Å². The van der Waals surface area contributed by atoms with Crippen LogP contribution in [0.4, 0.5) is 0 Å². The van der Waals surface area contributed by atoms with Crippen molar-refractivity contribution < 1.29 is 13.2 Å². The zero-order valence-electron chi connectivity index (χ0n) is 13.2. The Morgan fingerprint density at radius 3 is 2.52 bits per heavy atom. The lowest BCUT2D eigenvalue weighted by Crippen LogP contribution is -2.45. The van der Waals surface area contributed by atoms with E-state index in [-0.39, 0.29) is 22.2 Å². The number of hydrogen-bond donors (Lipinski definition) is 0. The first kappa shape index (κ1) is 14.9. The van der Waals surface area contributed by atoms with Crippen molar-refractivity contribution in [1.29, 1.82) is 0 Å². The van der Waals surface area contributed by atoms with Gasteiger partial charge in [0, 0.05) is 35.6 Å². The topological polar surface area (TPSA) is 56.1 Å². The third kappa shape index (κ3) is 2.33. The predicted molar refractivity (Wildman–Crippen MR) is 90.3 cm³/mol. The van der Waals surface area contributed by atoms with E-state index in [0.717, 1.165) is 30.2 Å². The lowest BCUT2D eigenvalue weighted by molar-refractivity contribution is 0.0894. The molecular formula is C18H21NO3S. The van der Waals surface area contributed by atoms with Gasteiger partial charge in [-0.25, -0.2) is 8.42 Å². The number of aromatic nitrogens is 1. The first-order chi connectivity index (χ1) is 11.0. The summed E-state index contributed by atoms with van der Waals surface area (Å²) in [6.07, 6.45) is 5.41. The SMILES string of the molecule is Cn1ccc2cc(C(=O)C3CC4CCCC(C3)S4(=O)=O)ccc21. The van der Waals surface area contributed by atoms with Gasteiger partial charge in [0.25, 0.3) is 0 Å². The van der Waals surface area contributed by atoms with Crippen LogP contribution in [0.25, 0.3) is 10.9 Å². The number of aryl methyl sites for hydroxylation is 1. The van der Waals surface area contributed by atoms with E-state index in [9.17, 15) is 13.2 Å². The molecule has 2 aliphatic rings. The average molecular weight is 331 g/mol. The van der Waals surface area contributed by atoms with Crippen LogP contribution in [0, 0.1) is 5.92 Å². The van der Waals surface area contributed by atoms with E-state index in [2.05, 4.69) is 0 Å². The van der Waals surface area contributed by atoms with Crippen molar-refractivity contribution in [2.75, 3.05) is 0 Å². The van der Waals surface area contributed by atoms with Crippen molar-refractivity contribution in [3.8, 4) is 0 Å². The smallest absolute Gasteiger partial charge is 0.166 e. The van der Waals surface area contributed by atoms with E-state index in [1.165, 1.54) is 0 Å². The fraction of sp³-hybridized carbons (Fsp3) is 0.500. The second-order valence-corrected chi connectivity index (χ2v) is 9.51. The largest absolute Gasteiger partial charge is 0.351 e. The van der Waals surface area contributed by atoms with Crippen LogP contribution in [0.15, 0.2) is 30.5 Å². The zero-order valence-corrected chi connectivity index (χ0v) is 14.1. The number of rotatable bonds is 2. The van der Waals surface area contributed by atoms with E-state index in [4.69, 9.17) is 0 Å². The van der Waals surface area contributed by atoms with E-state index in [1.54, 1.807) is 0 Å². The fourth-order valence-corrected chi connectivity index (χ4v) is 6.83. The van der Waals surface area contributed by atoms with E-state index in [1.807, 2.05) is 42.1 Å². The Morgan fingerprint density at radius 2 is 1.83 bits per heavy atom. The van der Waals surface area contributed by atoms with Crippen LogP contribution >= 0.6 is 0 Å². The number of carbonyl (C=O) groups is 1. The van der Waals surface area contributed by atoms with Gasteiger partial charge in [-0.1, -0.05) is 6.42 Å². The molecule has 0 aliphatic carbocycles. The first-order valence-electron chi connectivity index (χ1n) is 8.29. The summed E-state index contributed by atoms with van der Waals surface area (Å²) < 4.78 is 26.8. The highest BCUT2D eigenvalue weighted by Gasteiger charge is 2.46. The Balaban J connectivity index is 1.63. The second kappa shape index (κ2) is 5.20. The van der Waals surface area contributed by atoms with Crippen LogP contribution in [0.3, 0.4) is 0 Å². The maximum atomic E-state index is 12.9. The molecule has 1 aromatic heterocycles. The summed E-state index contributed by atoms with van der Waals surface area (Å²) in [5.41, 5.74) is 1.82. The molecule has 0 radical (unpaired) electrons. The molecule has 0 N–H and O–H groups in total. The monoisotopic (exact) mass is 331 g/mol. The van der Waals surface area contributed by atoms with Crippen LogP contribution in [0.1, 0.15) is 42.5 Å². The van der Waals surface area contributed by atoms with Gasteiger partial charge in [-0.15, -0.1) is 0 Å². The lowest BCUT2D eigenvalue weighted by Gasteiger charge is -2.38. The number of Topliss-reactive ketones (excluding diaryl/α,β-unsaturated/α-hetero) is 1. The molecule has 122 valence electrons. The van der Waals surface area contributed by atoms with Gasteiger partial charge in [0.15, 0.2) is 15.6 Å². The molecule has 2 bridgehead atoms. The molecule has 2 unspecified atom stereocenters. The molecular weight excluding hydrogens is 310 g/mol. The first-order valence-corrected chi connectivity index (χ1v) is 9.90. The van der Waals surface area contributed by atoms with Crippen LogP contribution in [-0.2, 0) is 16.9 Å². The maximum Gasteiger partial charge on any atom is 0.166 e. The molecule has 2 aromatic rings. The van der Waals surface area contributed by atoms with Crippen molar-refractivity contribution in [3.05, 3.63) is 36.0 Å². The number of ketones is 1. The van der Waals surface area contributed by atoms with Gasteiger partial charge in [0.1, 0.15) is 0 Å². The normalized spacial score (nSPS) is 29.5. The van der Waals surface area contributed by atoms with Crippen molar-refractivity contribution >= 4 is 26.5 Å². The molecule has 3 heterocycles. The Kier molecular flexibility index (Phi) is 3.38. The molecule has 2 aliphatic heterocycles. The molecule has 5 heteroatoms. The Morgan fingerprint density at radius 1 is 1.13 bits per heavy atom. The zero-order chi connectivity index (χ0) is 16.2. The third-order valence-corrected chi connectivity index (χ3v) is 8.33. The quantitative estimate of drug-likeness (QED) is 0.795. The molecule has 4 rings (SSSR count). The number of nitrogens with zero attached hydrogens (tertiary/aromatic N) is 1. The highest BCUT2D eigenvalue weighted by Crippen LogP contribution is 2.40. The van der Waals surface area contributed by atoms with Crippen molar-refractivity contribution in [2.24, 2.45) is 13.0 Å². The summed E-state index contributed by atoms with van der Waals surface area (Å²) >= 11 is 0. The average Bonchev–Trinajstić information content (AvgIpc) is 2.86. The maximum absolute atomic E-state index is 12.9. The minimum absolute atomic E-state index is 0.113. The molecule has 1 aromatic carbocycles. The third-order valence-electron chi connectivity index (χ3n) is 5.62. The molecule has 4 nitrogen and oxygen atoms in total. The van der Waals surface area contributed by atoms with Crippen molar-refractivity contribution in [2.45, 2.75) is 42.6 Å². The standard InChI is InChI=1S/C18H21NO3S/c1-19-8-7-12-9-13(5-6-17(12)19)18(20)14-10-15-3-2-4-16(11-14)23(15,21)22/h5-9,14-16H,2-4,10-11H2,1H3. The molecule has 0 amide bonds. The Labute approximate surface area is 136 Å². The number of hydrogen-bond acceptors (Lipinski definition) is 3. The van der Waals surface area contributed by atoms with Crippen molar-refractivity contribution in [1.82, 2.24) is 4.57 Å². The van der Waals surface area contributed by atoms with E-state index >= 15 is 0 Å². The van der Waals surface area contributed by atoms with Crippen LogP contribution in [-0.4, -0.2) is 29.3 Å². The summed E-state index contributed by atoms with van der Waals surface area (Å²) in [5.74, 6) is -0.0301. The van der Waals surface area contributed by atoms with E-state index < -0.39 is 9.84 Å². The van der Waals surface area contributed by atoms with Crippen LogP contribution in [0.2, 0.25) is 0 Å². The molecule has 2 fully saturated rings. The second-order valence-electron chi connectivity index (χ2n) is 7.00. The van der Waals surface area contributed by atoms with Gasteiger partial charge in [0.05, 0.1) is 10.5 Å². The summed E-state index contributed by atoms with van der Waals surface area (Å²) in [7, 11) is -1.02. The highest BCUT2D eigenvalue weighted by molar-refractivity contribution is 7.92. The summed E-state index contributed by atoms with van der Waals surface area (Å²) in [6, 6.07) is 7.80. The van der Waals surface area contributed by atoms with Crippen LogP contribution in [0.5, 0.6) is 0 Å². The van der Waals surface area contributed by atoms with Crippen molar-refractivity contribution in [3.63, 3.8) is 0 Å². The molecule has 2 atom stereocenters. The number of benzene rings is 1. The number of carbonyl (C=O) groups excluding carboxylic acids is 1. The number of fused-ring (bicyclic) bond motifs is 3. The number of sulfone groups is 1. The van der Waals surface area contributed by atoms with Gasteiger partial charge in [-0.2, -0.15) is 0 Å². The predicted octanol–water partition coefficient (Wildman–Crippen LogP) is 3.11. The van der Waals surface area contributed by atoms with Gasteiger partial charge < -0.3 is 4.57 Å². The fourth-order valence-electron chi connectivity index (χ4n) is 4.29. The molecule has 0 spiro atoms. The van der Waals surface area contributed by atoms with Gasteiger partial charge in [-0.05, 0) is 49.9 Å². The Bertz CT molecular complexity index is 861. The molecule has 2 saturated heterocycles. The summed E-state index contributed by atoms with van der Waals surface area (Å²) in [6.45, 7) is 0. The lowest BCUT2D eigenvalue weighted by atomic mass is 9.84. The summed E-state index contributed by atoms with van der Waals surface area (Å²) in [5, 5.41) is 0.454. The minimum Gasteiger partial charge on any atom is -0.351 e. The molecule has 0 saturated carbocycles. The Hall–Kier alpha value is -1.62. The van der Waals surface area contributed by atoms with Gasteiger partial charge in [-0.3, -0.25) is 4.79 Å². The van der Waals surface area contributed by atoms with E-state index in [0.29, 0.717) is 18.4 Å². The summed E-state index contributed by atoms with van der Waals surface area (Å²) in [4.78, 5) is 12.9. The van der Waals surface area contributed by atoms with Gasteiger partial charge in [0.2, 0.25) is 0 Å². The highest BCUT2D eigenvalue weighted by atomic mass is 32.2. The minimum atomic E-state index is -3.00. The molecule has 23 heavy (non-hydrogen) atoms. The van der Waals surface area contributed by atoms with Crippen LogP contribution < -0.4 is 0 Å².